The van der Waals surface area contributed by atoms with E-state index in [1.165, 1.54) is 0 Å². The highest BCUT2D eigenvalue weighted by atomic mass is 16.5. The molecule has 1 aliphatic rings. The number of aromatic nitrogens is 1. The Labute approximate surface area is 152 Å². The third-order valence-electron chi connectivity index (χ3n) is 5.26. The average Bonchev–Trinajstić information content (AvgIpc) is 2.71. The molecule has 0 saturated carbocycles. The largest absolute Gasteiger partial charge is 0.497 e. The van der Waals surface area contributed by atoms with Gasteiger partial charge in [0.2, 0.25) is 0 Å². The predicted molar refractivity (Wildman–Crippen MR) is 103 cm³/mol. The maximum Gasteiger partial charge on any atom is 0.254 e. The molecule has 2 aromatic carbocycles. The Bertz CT molecular complexity index is 1050. The number of nitrogens with zero attached hydrogens (tertiary/aromatic N) is 1. The van der Waals surface area contributed by atoms with Gasteiger partial charge in [0, 0.05) is 23.9 Å². The first kappa shape index (κ1) is 16.6. The van der Waals surface area contributed by atoms with Crippen LogP contribution in [0, 0.1) is 5.92 Å². The molecule has 4 rings (SSSR count). The van der Waals surface area contributed by atoms with E-state index < -0.39 is 6.10 Å². The van der Waals surface area contributed by atoms with Gasteiger partial charge in [-0.25, -0.2) is 0 Å². The van der Waals surface area contributed by atoms with Crippen molar-refractivity contribution in [2.45, 2.75) is 12.5 Å². The number of para-hydroxylation sites is 1. The number of ether oxygens (including phenoxy) is 1. The van der Waals surface area contributed by atoms with Crippen molar-refractivity contribution in [1.29, 1.82) is 0 Å². The van der Waals surface area contributed by atoms with Gasteiger partial charge >= 0.3 is 0 Å². The molecule has 2 atom stereocenters. The van der Waals surface area contributed by atoms with Crippen LogP contribution in [0.15, 0.2) is 59.4 Å². The summed E-state index contributed by atoms with van der Waals surface area (Å²) in [5, 5.41) is 11.9. The summed E-state index contributed by atoms with van der Waals surface area (Å²) in [6.07, 6.45) is 3.86. The van der Waals surface area contributed by atoms with E-state index in [0.717, 1.165) is 33.3 Å². The van der Waals surface area contributed by atoms with Crippen LogP contribution in [0.4, 0.5) is 0 Å². The van der Waals surface area contributed by atoms with Crippen LogP contribution in [0.1, 0.15) is 22.8 Å². The number of fused-ring (bicyclic) bond motifs is 3. The minimum atomic E-state index is -0.665. The predicted octanol–water partition coefficient (Wildman–Crippen LogP) is 3.47. The number of aliphatic hydroxyl groups excluding tert-OH is 1. The average molecular weight is 347 g/mol. The first-order chi connectivity index (χ1) is 12.6. The first-order valence-corrected chi connectivity index (χ1v) is 8.71. The minimum Gasteiger partial charge on any atom is -0.497 e. The first-order valence-electron chi connectivity index (χ1n) is 8.71. The summed E-state index contributed by atoms with van der Waals surface area (Å²) >= 11 is 0. The molecule has 0 radical (unpaired) electrons. The fourth-order valence-corrected chi connectivity index (χ4v) is 3.76. The molecule has 4 heteroatoms. The van der Waals surface area contributed by atoms with Crippen molar-refractivity contribution < 1.29 is 9.84 Å². The molecule has 3 aromatic rings. The third kappa shape index (κ3) is 2.63. The maximum absolute atomic E-state index is 12.8. The van der Waals surface area contributed by atoms with Crippen molar-refractivity contribution in [1.82, 2.24) is 4.57 Å². The van der Waals surface area contributed by atoms with Crippen LogP contribution in [0.25, 0.3) is 17.0 Å². The lowest BCUT2D eigenvalue weighted by Crippen LogP contribution is -2.28. The van der Waals surface area contributed by atoms with Crippen molar-refractivity contribution in [3.8, 4) is 5.75 Å². The molecular weight excluding hydrogens is 326 g/mol. The van der Waals surface area contributed by atoms with E-state index in [9.17, 15) is 9.90 Å². The Morgan fingerprint density at radius 1 is 1.15 bits per heavy atom. The van der Waals surface area contributed by atoms with Crippen LogP contribution in [0.3, 0.4) is 0 Å². The Morgan fingerprint density at radius 2 is 1.88 bits per heavy atom. The summed E-state index contributed by atoms with van der Waals surface area (Å²) in [4.78, 5) is 12.8. The van der Waals surface area contributed by atoms with Crippen molar-refractivity contribution in [2.24, 2.45) is 13.0 Å². The number of aliphatic hydroxyl groups is 1. The zero-order valence-corrected chi connectivity index (χ0v) is 14.8. The quantitative estimate of drug-likeness (QED) is 0.789. The van der Waals surface area contributed by atoms with E-state index in [0.29, 0.717) is 6.42 Å². The monoisotopic (exact) mass is 347 g/mol. The van der Waals surface area contributed by atoms with Crippen LogP contribution < -0.4 is 10.3 Å². The van der Waals surface area contributed by atoms with Gasteiger partial charge in [0.15, 0.2) is 0 Å². The minimum absolute atomic E-state index is 0.00924. The second-order valence-electron chi connectivity index (χ2n) is 6.72. The molecule has 1 aromatic heterocycles. The van der Waals surface area contributed by atoms with E-state index in [2.05, 4.69) is 0 Å². The molecule has 1 aliphatic carbocycles. The summed E-state index contributed by atoms with van der Waals surface area (Å²) < 4.78 is 6.87. The molecule has 1 heterocycles. The Balaban J connectivity index is 1.73. The Morgan fingerprint density at radius 3 is 2.62 bits per heavy atom. The SMILES string of the molecule is COc1ccc([C@@H](O)[C@H]2C=Cc3c(c(=O)n(C)c4ccccc34)C2)cc1. The molecule has 0 fully saturated rings. The smallest absolute Gasteiger partial charge is 0.254 e. The molecule has 26 heavy (non-hydrogen) atoms. The van der Waals surface area contributed by atoms with Crippen LogP contribution in [0.5, 0.6) is 5.75 Å². The molecule has 0 saturated heterocycles. The van der Waals surface area contributed by atoms with Crippen LogP contribution in [-0.2, 0) is 13.5 Å². The van der Waals surface area contributed by atoms with Gasteiger partial charge < -0.3 is 14.4 Å². The molecular formula is C22H21NO3. The van der Waals surface area contributed by atoms with E-state index in [-0.39, 0.29) is 11.5 Å². The van der Waals surface area contributed by atoms with Crippen LogP contribution in [-0.4, -0.2) is 16.8 Å². The molecule has 0 bridgehead atoms. The summed E-state index contributed by atoms with van der Waals surface area (Å²) in [5.74, 6) is 0.621. The lowest BCUT2D eigenvalue weighted by Gasteiger charge is -2.25. The molecule has 4 nitrogen and oxygen atoms in total. The van der Waals surface area contributed by atoms with Gasteiger partial charge in [-0.05, 0) is 35.7 Å². The van der Waals surface area contributed by atoms with Crippen molar-refractivity contribution >= 4 is 17.0 Å². The molecule has 1 N–H and O–H groups in total. The molecule has 0 amide bonds. The van der Waals surface area contributed by atoms with Gasteiger partial charge in [-0.2, -0.15) is 0 Å². The highest BCUT2D eigenvalue weighted by molar-refractivity contribution is 5.90. The third-order valence-corrected chi connectivity index (χ3v) is 5.26. The Hall–Kier alpha value is -2.85. The number of aryl methyl sites for hydroxylation is 1. The highest BCUT2D eigenvalue weighted by Crippen LogP contribution is 2.33. The second kappa shape index (κ2) is 6.46. The second-order valence-corrected chi connectivity index (χ2v) is 6.72. The van der Waals surface area contributed by atoms with Gasteiger partial charge in [-0.1, -0.05) is 42.5 Å². The molecule has 132 valence electrons. The summed E-state index contributed by atoms with van der Waals surface area (Å²) in [6, 6.07) is 15.3. The molecule has 0 spiro atoms. The highest BCUT2D eigenvalue weighted by Gasteiger charge is 2.26. The van der Waals surface area contributed by atoms with Crippen molar-refractivity contribution in [3.05, 3.63) is 81.7 Å². The number of benzene rings is 2. The van der Waals surface area contributed by atoms with Gasteiger partial charge in [-0.3, -0.25) is 4.79 Å². The summed E-state index contributed by atoms with van der Waals surface area (Å²) in [6.45, 7) is 0. The molecule has 0 aliphatic heterocycles. The fraction of sp³-hybridized carbons (Fsp3) is 0.227. The number of methoxy groups -OCH3 is 1. The summed E-state index contributed by atoms with van der Waals surface area (Å²) in [7, 11) is 3.42. The topological polar surface area (TPSA) is 51.5 Å². The van der Waals surface area contributed by atoms with E-state index in [4.69, 9.17) is 4.74 Å². The summed E-state index contributed by atoms with van der Waals surface area (Å²) in [5.41, 5.74) is 3.50. The van der Waals surface area contributed by atoms with E-state index >= 15 is 0 Å². The lowest BCUT2D eigenvalue weighted by molar-refractivity contribution is 0.131. The lowest BCUT2D eigenvalue weighted by atomic mass is 9.83. The normalized spacial score (nSPS) is 17.1. The molecule has 0 unspecified atom stereocenters. The number of pyridine rings is 1. The Kier molecular flexibility index (Phi) is 4.13. The van der Waals surface area contributed by atoms with Crippen LogP contribution in [0.2, 0.25) is 0 Å². The van der Waals surface area contributed by atoms with Gasteiger partial charge in [0.25, 0.3) is 5.56 Å². The van der Waals surface area contributed by atoms with Crippen molar-refractivity contribution in [2.75, 3.05) is 7.11 Å². The van der Waals surface area contributed by atoms with Gasteiger partial charge in [0.05, 0.1) is 18.7 Å². The zero-order chi connectivity index (χ0) is 18.3. The zero-order valence-electron chi connectivity index (χ0n) is 14.8. The maximum atomic E-state index is 12.8. The number of hydrogen-bond acceptors (Lipinski definition) is 3. The van der Waals surface area contributed by atoms with Crippen LogP contribution >= 0.6 is 0 Å². The standard InChI is InChI=1S/C22H21NO3/c1-23-20-6-4-3-5-18(20)17-12-9-15(13-19(17)22(23)25)21(24)14-7-10-16(26-2)11-8-14/h3-12,15,21,24H,13H2,1-2H3/t15-,21+/m0/s1. The van der Waals surface area contributed by atoms with Crippen molar-refractivity contribution in [3.63, 3.8) is 0 Å². The van der Waals surface area contributed by atoms with Gasteiger partial charge in [0.1, 0.15) is 5.75 Å². The number of hydrogen-bond donors (Lipinski definition) is 1. The van der Waals surface area contributed by atoms with Gasteiger partial charge in [-0.15, -0.1) is 0 Å². The fourth-order valence-electron chi connectivity index (χ4n) is 3.76. The van der Waals surface area contributed by atoms with E-state index in [1.807, 2.05) is 60.7 Å². The number of rotatable bonds is 3. The van der Waals surface area contributed by atoms with E-state index in [1.54, 1.807) is 18.7 Å².